The Balaban J connectivity index is 1.57. The smallest absolute Gasteiger partial charge is 0.276 e. The van der Waals surface area contributed by atoms with Crippen molar-refractivity contribution in [2.24, 2.45) is 0 Å². The van der Waals surface area contributed by atoms with Crippen LogP contribution < -0.4 is 4.90 Å². The Labute approximate surface area is 143 Å². The zero-order chi connectivity index (χ0) is 17.4. The average Bonchev–Trinajstić information content (AvgIpc) is 3.23. The predicted octanol–water partition coefficient (Wildman–Crippen LogP) is 3.10. The van der Waals surface area contributed by atoms with Gasteiger partial charge in [0.25, 0.3) is 5.89 Å². The first-order chi connectivity index (χ1) is 12.1. The number of aromatic nitrogens is 3. The summed E-state index contributed by atoms with van der Waals surface area (Å²) in [5.74, 6) is -0.0605. The summed E-state index contributed by atoms with van der Waals surface area (Å²) in [6.07, 6.45) is 1.86. The summed E-state index contributed by atoms with van der Waals surface area (Å²) in [6, 6.07) is 10.2. The van der Waals surface area contributed by atoms with Crippen molar-refractivity contribution >= 4 is 11.6 Å². The normalized spacial score (nSPS) is 17.3. The van der Waals surface area contributed by atoms with Gasteiger partial charge in [0, 0.05) is 25.1 Å². The van der Waals surface area contributed by atoms with Crippen LogP contribution in [0, 0.1) is 12.7 Å². The van der Waals surface area contributed by atoms with E-state index in [4.69, 9.17) is 4.52 Å². The van der Waals surface area contributed by atoms with Crippen molar-refractivity contribution in [3.05, 3.63) is 59.8 Å². The van der Waals surface area contributed by atoms with Crippen molar-refractivity contribution in [1.82, 2.24) is 15.1 Å². The van der Waals surface area contributed by atoms with E-state index >= 15 is 0 Å². The van der Waals surface area contributed by atoms with Crippen LogP contribution in [-0.4, -0.2) is 27.6 Å². The second-order valence-corrected chi connectivity index (χ2v) is 6.03. The minimum atomic E-state index is -0.406. The zero-order valence-electron chi connectivity index (χ0n) is 13.5. The maximum Gasteiger partial charge on any atom is 0.276 e. The van der Waals surface area contributed by atoms with Crippen molar-refractivity contribution in [2.75, 3.05) is 11.4 Å². The Hall–Kier alpha value is -3.09. The van der Waals surface area contributed by atoms with Gasteiger partial charge in [-0.05, 0) is 36.8 Å². The number of benzene rings is 1. The first-order valence-electron chi connectivity index (χ1n) is 7.93. The second kappa shape index (κ2) is 6.08. The van der Waals surface area contributed by atoms with E-state index in [1.165, 1.54) is 11.0 Å². The highest BCUT2D eigenvalue weighted by atomic mass is 19.1. The molecule has 6 nitrogen and oxygen atoms in total. The van der Waals surface area contributed by atoms with Crippen LogP contribution in [0.15, 0.2) is 47.1 Å². The Bertz CT molecular complexity index is 926. The highest BCUT2D eigenvalue weighted by Crippen LogP contribution is 2.32. The molecular weight excluding hydrogens is 323 g/mol. The average molecular weight is 338 g/mol. The van der Waals surface area contributed by atoms with E-state index in [9.17, 15) is 9.18 Å². The minimum absolute atomic E-state index is 0.156. The van der Waals surface area contributed by atoms with Crippen molar-refractivity contribution in [2.45, 2.75) is 19.3 Å². The van der Waals surface area contributed by atoms with Crippen LogP contribution >= 0.6 is 0 Å². The lowest BCUT2D eigenvalue weighted by Crippen LogP contribution is -2.25. The summed E-state index contributed by atoms with van der Waals surface area (Å²) in [4.78, 5) is 22.3. The highest BCUT2D eigenvalue weighted by Gasteiger charge is 2.35. The zero-order valence-corrected chi connectivity index (χ0v) is 13.5. The van der Waals surface area contributed by atoms with Gasteiger partial charge in [0.1, 0.15) is 11.5 Å². The molecule has 3 aromatic rings. The summed E-state index contributed by atoms with van der Waals surface area (Å²) >= 11 is 0. The predicted molar refractivity (Wildman–Crippen MR) is 88.4 cm³/mol. The highest BCUT2D eigenvalue weighted by molar-refractivity contribution is 5.96. The molecule has 1 aliphatic heterocycles. The summed E-state index contributed by atoms with van der Waals surface area (Å²) < 4.78 is 19.4. The molecule has 0 radical (unpaired) electrons. The van der Waals surface area contributed by atoms with Crippen LogP contribution in [0.2, 0.25) is 0 Å². The van der Waals surface area contributed by atoms with Crippen LogP contribution in [0.1, 0.15) is 23.7 Å². The van der Waals surface area contributed by atoms with E-state index in [1.807, 2.05) is 6.07 Å². The Morgan fingerprint density at radius 3 is 2.92 bits per heavy atom. The van der Waals surface area contributed by atoms with Crippen LogP contribution in [0.3, 0.4) is 0 Å². The monoisotopic (exact) mass is 338 g/mol. The number of pyridine rings is 1. The Morgan fingerprint density at radius 2 is 2.16 bits per heavy atom. The molecule has 4 rings (SSSR count). The minimum Gasteiger partial charge on any atom is -0.332 e. The van der Waals surface area contributed by atoms with Crippen molar-refractivity contribution in [1.29, 1.82) is 0 Å². The first-order valence-corrected chi connectivity index (χ1v) is 7.93. The van der Waals surface area contributed by atoms with Crippen LogP contribution in [0.4, 0.5) is 10.1 Å². The molecule has 1 unspecified atom stereocenters. The number of amides is 1. The topological polar surface area (TPSA) is 72.1 Å². The number of halogens is 1. The third-order valence-corrected chi connectivity index (χ3v) is 4.21. The van der Waals surface area contributed by atoms with Crippen LogP contribution in [-0.2, 0) is 4.79 Å². The van der Waals surface area contributed by atoms with Gasteiger partial charge in [-0.25, -0.2) is 4.39 Å². The number of nitrogens with zero attached hydrogens (tertiary/aromatic N) is 4. The van der Waals surface area contributed by atoms with E-state index in [0.29, 0.717) is 24.0 Å². The maximum atomic E-state index is 14.2. The Morgan fingerprint density at radius 1 is 1.28 bits per heavy atom. The lowest BCUT2D eigenvalue weighted by Gasteiger charge is -2.17. The van der Waals surface area contributed by atoms with Crippen molar-refractivity contribution in [3.8, 4) is 11.6 Å². The lowest BCUT2D eigenvalue weighted by molar-refractivity contribution is -0.117. The molecule has 126 valence electrons. The fourth-order valence-corrected chi connectivity index (χ4v) is 2.94. The molecule has 1 fully saturated rings. The number of carbonyl (C=O) groups excluding carboxylic acids is 1. The molecule has 0 saturated carbocycles. The Kier molecular flexibility index (Phi) is 3.76. The molecule has 0 N–H and O–H groups in total. The fraction of sp³-hybridized carbons (Fsp3) is 0.222. The van der Waals surface area contributed by atoms with Gasteiger partial charge in [0.15, 0.2) is 5.82 Å². The van der Waals surface area contributed by atoms with Gasteiger partial charge in [0.05, 0.1) is 5.69 Å². The number of anilines is 1. The van der Waals surface area contributed by atoms with E-state index < -0.39 is 5.82 Å². The summed E-state index contributed by atoms with van der Waals surface area (Å²) in [5.41, 5.74) is 1.67. The van der Waals surface area contributed by atoms with E-state index in [-0.39, 0.29) is 23.9 Å². The van der Waals surface area contributed by atoms with Gasteiger partial charge in [-0.15, -0.1) is 0 Å². The largest absolute Gasteiger partial charge is 0.332 e. The molecule has 0 spiro atoms. The van der Waals surface area contributed by atoms with Gasteiger partial charge >= 0.3 is 0 Å². The molecule has 1 aromatic carbocycles. The maximum absolute atomic E-state index is 14.2. The van der Waals surface area contributed by atoms with Gasteiger partial charge in [-0.2, -0.15) is 4.98 Å². The van der Waals surface area contributed by atoms with E-state index in [2.05, 4.69) is 15.1 Å². The molecule has 1 saturated heterocycles. The fourth-order valence-electron chi connectivity index (χ4n) is 2.94. The SMILES string of the molecule is Cc1ccc(N2CC(c3noc(-c4ccccn4)n3)CC2=O)c(F)c1. The molecule has 3 heterocycles. The standard InChI is InChI=1S/C18H15FN4O2/c1-11-5-6-15(13(19)8-11)23-10-12(9-16(23)24)17-21-18(25-22-17)14-4-2-3-7-20-14/h2-8,12H,9-10H2,1H3. The van der Waals surface area contributed by atoms with Crippen molar-refractivity contribution < 1.29 is 13.7 Å². The molecule has 2 aromatic heterocycles. The third kappa shape index (κ3) is 2.88. The number of aryl methyl sites for hydroxylation is 1. The molecule has 0 aliphatic carbocycles. The number of rotatable bonds is 3. The van der Waals surface area contributed by atoms with Crippen LogP contribution in [0.5, 0.6) is 0 Å². The van der Waals surface area contributed by atoms with Gasteiger partial charge in [-0.1, -0.05) is 17.3 Å². The number of hydrogen-bond donors (Lipinski definition) is 0. The van der Waals surface area contributed by atoms with E-state index in [0.717, 1.165) is 5.56 Å². The molecule has 25 heavy (non-hydrogen) atoms. The molecule has 7 heteroatoms. The van der Waals surface area contributed by atoms with Gasteiger partial charge < -0.3 is 9.42 Å². The molecular formula is C18H15FN4O2. The lowest BCUT2D eigenvalue weighted by atomic mass is 10.1. The van der Waals surface area contributed by atoms with Crippen molar-refractivity contribution in [3.63, 3.8) is 0 Å². The molecule has 1 aliphatic rings. The summed E-state index contributed by atoms with van der Waals surface area (Å²) in [5, 5.41) is 3.97. The van der Waals surface area contributed by atoms with Gasteiger partial charge in [0.2, 0.25) is 5.91 Å². The second-order valence-electron chi connectivity index (χ2n) is 6.03. The number of hydrogen-bond acceptors (Lipinski definition) is 5. The molecule has 1 amide bonds. The van der Waals surface area contributed by atoms with Crippen LogP contribution in [0.25, 0.3) is 11.6 Å². The quantitative estimate of drug-likeness (QED) is 0.734. The molecule has 0 bridgehead atoms. The van der Waals surface area contributed by atoms with Gasteiger partial charge in [-0.3, -0.25) is 9.78 Å². The number of carbonyl (C=O) groups is 1. The third-order valence-electron chi connectivity index (χ3n) is 4.21. The van der Waals surface area contributed by atoms with E-state index in [1.54, 1.807) is 37.4 Å². The first kappa shape index (κ1) is 15.4. The summed E-state index contributed by atoms with van der Waals surface area (Å²) in [6.45, 7) is 2.12. The summed E-state index contributed by atoms with van der Waals surface area (Å²) in [7, 11) is 0. The molecule has 1 atom stereocenters.